The van der Waals surface area contributed by atoms with E-state index in [2.05, 4.69) is 56.6 Å². The lowest BCUT2D eigenvalue weighted by Crippen LogP contribution is -2.29. The van der Waals surface area contributed by atoms with Crippen LogP contribution in [-0.2, 0) is 0 Å². The number of aromatic amines is 1. The number of hydrogen-bond donors (Lipinski definition) is 2. The minimum Gasteiger partial charge on any atom is -0.406 e. The number of benzene rings is 2. The average molecular weight is 513 g/mol. The first kappa shape index (κ1) is 25.1. The molecule has 0 saturated heterocycles. The number of aryl methyl sites for hydroxylation is 2. The van der Waals surface area contributed by atoms with E-state index < -0.39 is 6.36 Å². The molecule has 10 heteroatoms. The van der Waals surface area contributed by atoms with Gasteiger partial charge in [0.1, 0.15) is 11.6 Å². The number of H-pyrrole nitrogens is 1. The summed E-state index contributed by atoms with van der Waals surface area (Å²) in [7, 11) is 0. The number of ether oxygens (including phenoxy) is 1. The van der Waals surface area contributed by atoms with Crippen molar-refractivity contribution in [2.75, 3.05) is 5.32 Å². The van der Waals surface area contributed by atoms with E-state index in [1.807, 2.05) is 19.9 Å². The Balaban J connectivity index is 1.58. The SMILES string of the molecule is Cc1nc(-c2cc3nc(Nc4ccc(OC(F)(F)F)cc4)n(C4CC(C)CC(C)(C)C4)c3cc2C)n[nH]1. The highest BCUT2D eigenvalue weighted by atomic mass is 19.4. The van der Waals surface area contributed by atoms with Gasteiger partial charge in [-0.3, -0.25) is 5.10 Å². The number of fused-ring (bicyclic) bond motifs is 1. The number of anilines is 2. The molecule has 0 radical (unpaired) electrons. The number of alkyl halides is 3. The molecule has 7 nitrogen and oxygen atoms in total. The second-order valence-corrected chi connectivity index (χ2v) is 11.0. The maximum Gasteiger partial charge on any atom is 0.573 e. The van der Waals surface area contributed by atoms with Crippen LogP contribution in [0.4, 0.5) is 24.8 Å². The van der Waals surface area contributed by atoms with Crippen LogP contribution in [0, 0.1) is 25.2 Å². The van der Waals surface area contributed by atoms with E-state index in [1.165, 1.54) is 12.1 Å². The smallest absolute Gasteiger partial charge is 0.406 e. The largest absolute Gasteiger partial charge is 0.573 e. The molecular formula is C27H31F3N6O. The predicted octanol–water partition coefficient (Wildman–Crippen LogP) is 7.47. The van der Waals surface area contributed by atoms with Crippen molar-refractivity contribution in [1.29, 1.82) is 0 Å². The van der Waals surface area contributed by atoms with Crippen molar-refractivity contribution < 1.29 is 17.9 Å². The van der Waals surface area contributed by atoms with Crippen molar-refractivity contribution in [2.45, 2.75) is 66.3 Å². The Morgan fingerprint density at radius 3 is 2.43 bits per heavy atom. The van der Waals surface area contributed by atoms with Gasteiger partial charge in [-0.05, 0) is 86.4 Å². The molecule has 196 valence electrons. The van der Waals surface area contributed by atoms with Crippen LogP contribution < -0.4 is 10.1 Å². The number of rotatable bonds is 5. The Hall–Kier alpha value is -3.56. The van der Waals surface area contributed by atoms with Crippen LogP contribution in [0.15, 0.2) is 36.4 Å². The molecule has 2 N–H and O–H groups in total. The minimum atomic E-state index is -4.73. The van der Waals surface area contributed by atoms with Gasteiger partial charge in [0.05, 0.1) is 11.0 Å². The first-order valence-electron chi connectivity index (χ1n) is 12.4. The van der Waals surface area contributed by atoms with Crippen LogP contribution in [0.2, 0.25) is 0 Å². The summed E-state index contributed by atoms with van der Waals surface area (Å²) in [6.07, 6.45) is -1.56. The molecule has 2 aromatic carbocycles. The molecule has 37 heavy (non-hydrogen) atoms. The van der Waals surface area contributed by atoms with Gasteiger partial charge in [-0.15, -0.1) is 13.2 Å². The predicted molar refractivity (Wildman–Crippen MR) is 137 cm³/mol. The number of nitrogens with one attached hydrogen (secondary N) is 2. The highest BCUT2D eigenvalue weighted by Gasteiger charge is 2.35. The van der Waals surface area contributed by atoms with Crippen molar-refractivity contribution in [3.63, 3.8) is 0 Å². The van der Waals surface area contributed by atoms with E-state index in [4.69, 9.17) is 4.98 Å². The summed E-state index contributed by atoms with van der Waals surface area (Å²) in [6.45, 7) is 10.8. The summed E-state index contributed by atoms with van der Waals surface area (Å²) in [5.41, 5.74) is 4.55. The van der Waals surface area contributed by atoms with Gasteiger partial charge in [-0.1, -0.05) is 20.8 Å². The third-order valence-corrected chi connectivity index (χ3v) is 6.95. The van der Waals surface area contributed by atoms with E-state index in [9.17, 15) is 13.2 Å². The van der Waals surface area contributed by atoms with Gasteiger partial charge < -0.3 is 14.6 Å². The molecule has 2 atom stereocenters. The van der Waals surface area contributed by atoms with Crippen molar-refractivity contribution in [3.05, 3.63) is 47.8 Å². The second-order valence-electron chi connectivity index (χ2n) is 11.0. The summed E-state index contributed by atoms with van der Waals surface area (Å²) in [5.74, 6) is 2.29. The first-order valence-corrected chi connectivity index (χ1v) is 12.4. The molecule has 1 saturated carbocycles. The van der Waals surface area contributed by atoms with Crippen molar-refractivity contribution >= 4 is 22.7 Å². The standard InChI is InChI=1S/C27H31F3N6O/c1-15-10-19(14-26(4,5)13-15)36-23-11-16(2)21(24-31-17(3)34-35-24)12-22(23)33-25(36)32-18-6-8-20(9-7-18)37-27(28,29)30/h6-9,11-12,15,19H,10,13-14H2,1-5H3,(H,32,33)(H,31,34,35). The summed E-state index contributed by atoms with van der Waals surface area (Å²) in [6, 6.07) is 10.1. The lowest BCUT2D eigenvalue weighted by Gasteiger charge is -2.40. The normalized spacial score (nSPS) is 19.8. The van der Waals surface area contributed by atoms with Gasteiger partial charge in [0.15, 0.2) is 5.82 Å². The Morgan fingerprint density at radius 1 is 1.08 bits per heavy atom. The Bertz CT molecular complexity index is 1420. The second kappa shape index (κ2) is 9.08. The fraction of sp³-hybridized carbons (Fsp3) is 0.444. The molecule has 2 heterocycles. The fourth-order valence-corrected chi connectivity index (χ4v) is 5.77. The summed E-state index contributed by atoms with van der Waals surface area (Å²) in [4.78, 5) is 9.44. The zero-order valence-electron chi connectivity index (χ0n) is 21.6. The van der Waals surface area contributed by atoms with Gasteiger partial charge >= 0.3 is 6.36 Å². The average Bonchev–Trinajstić information content (AvgIpc) is 3.35. The third kappa shape index (κ3) is 5.42. The van der Waals surface area contributed by atoms with Gasteiger partial charge in [0.2, 0.25) is 5.95 Å². The summed E-state index contributed by atoms with van der Waals surface area (Å²) < 4.78 is 44.0. The summed E-state index contributed by atoms with van der Waals surface area (Å²) >= 11 is 0. The molecule has 0 bridgehead atoms. The number of nitrogens with zero attached hydrogens (tertiary/aromatic N) is 4. The topological polar surface area (TPSA) is 80.7 Å². The van der Waals surface area contributed by atoms with Crippen LogP contribution in [0.1, 0.15) is 57.5 Å². The van der Waals surface area contributed by atoms with Crippen LogP contribution in [0.5, 0.6) is 5.75 Å². The molecule has 4 aromatic rings. The number of imidazole rings is 1. The molecule has 0 aliphatic heterocycles. The van der Waals surface area contributed by atoms with E-state index in [0.717, 1.165) is 47.2 Å². The quantitative estimate of drug-likeness (QED) is 0.290. The lowest BCUT2D eigenvalue weighted by molar-refractivity contribution is -0.274. The zero-order chi connectivity index (χ0) is 26.5. The van der Waals surface area contributed by atoms with Gasteiger partial charge in [-0.25, -0.2) is 9.97 Å². The molecule has 2 aromatic heterocycles. The van der Waals surface area contributed by atoms with Crippen LogP contribution in [0.25, 0.3) is 22.4 Å². The fourth-order valence-electron chi connectivity index (χ4n) is 5.77. The number of halogens is 3. The molecule has 1 aliphatic rings. The van der Waals surface area contributed by atoms with Gasteiger partial charge in [-0.2, -0.15) is 5.10 Å². The minimum absolute atomic E-state index is 0.179. The van der Waals surface area contributed by atoms with E-state index in [1.54, 1.807) is 12.1 Å². The number of hydrogen-bond acceptors (Lipinski definition) is 5. The Morgan fingerprint density at radius 2 is 1.81 bits per heavy atom. The van der Waals surface area contributed by atoms with Gasteiger partial charge in [0.25, 0.3) is 0 Å². The number of aromatic nitrogens is 5. The molecule has 1 fully saturated rings. The van der Waals surface area contributed by atoms with Crippen molar-refractivity contribution in [3.8, 4) is 17.1 Å². The maximum absolute atomic E-state index is 12.6. The Kier molecular flexibility index (Phi) is 6.16. The van der Waals surface area contributed by atoms with E-state index in [0.29, 0.717) is 23.4 Å². The van der Waals surface area contributed by atoms with Crippen molar-refractivity contribution in [2.24, 2.45) is 11.3 Å². The monoisotopic (exact) mass is 512 g/mol. The van der Waals surface area contributed by atoms with E-state index in [-0.39, 0.29) is 17.2 Å². The molecular weight excluding hydrogens is 481 g/mol. The van der Waals surface area contributed by atoms with Crippen LogP contribution >= 0.6 is 0 Å². The highest BCUT2D eigenvalue weighted by molar-refractivity contribution is 5.86. The van der Waals surface area contributed by atoms with E-state index >= 15 is 0 Å². The van der Waals surface area contributed by atoms with Crippen LogP contribution in [-0.4, -0.2) is 31.1 Å². The zero-order valence-corrected chi connectivity index (χ0v) is 21.6. The van der Waals surface area contributed by atoms with Gasteiger partial charge in [0, 0.05) is 17.3 Å². The maximum atomic E-state index is 12.6. The summed E-state index contributed by atoms with van der Waals surface area (Å²) in [5, 5.41) is 10.6. The third-order valence-electron chi connectivity index (χ3n) is 6.95. The molecule has 0 amide bonds. The molecule has 1 aliphatic carbocycles. The highest BCUT2D eigenvalue weighted by Crippen LogP contribution is 2.46. The molecule has 0 spiro atoms. The molecule has 5 rings (SSSR count). The first-order chi connectivity index (χ1) is 17.4. The van der Waals surface area contributed by atoms with Crippen LogP contribution in [0.3, 0.4) is 0 Å². The van der Waals surface area contributed by atoms with Crippen molar-refractivity contribution in [1.82, 2.24) is 24.7 Å². The Labute approximate surface area is 213 Å². The lowest BCUT2D eigenvalue weighted by atomic mass is 9.70. The molecule has 2 unspecified atom stereocenters.